The maximum absolute atomic E-state index is 12.4. The molecule has 0 radical (unpaired) electrons. The van der Waals surface area contributed by atoms with Crippen molar-refractivity contribution in [2.45, 2.75) is 32.0 Å². The van der Waals surface area contributed by atoms with E-state index in [1.807, 2.05) is 25.1 Å². The first-order chi connectivity index (χ1) is 14.0. The Morgan fingerprint density at radius 1 is 1.21 bits per heavy atom. The first-order valence-electron chi connectivity index (χ1n) is 9.06. The number of hydrogen-bond donors (Lipinski definition) is 1. The number of fused-ring (bicyclic) bond motifs is 1. The van der Waals surface area contributed by atoms with Crippen LogP contribution in [-0.2, 0) is 0 Å². The third-order valence-electron chi connectivity index (χ3n) is 4.70. The van der Waals surface area contributed by atoms with Gasteiger partial charge in [0.05, 0.1) is 23.7 Å². The number of benzene rings is 2. The van der Waals surface area contributed by atoms with Crippen molar-refractivity contribution in [3.8, 4) is 11.5 Å². The molecule has 4 rings (SSSR count). The Morgan fingerprint density at radius 3 is 2.66 bits per heavy atom. The van der Waals surface area contributed by atoms with Crippen LogP contribution in [0.4, 0.5) is 14.7 Å². The monoisotopic (exact) mass is 421 g/mol. The molecular weight excluding hydrogens is 404 g/mol. The summed E-state index contributed by atoms with van der Waals surface area (Å²) in [6.45, 7) is -0.433. The van der Waals surface area contributed by atoms with Gasteiger partial charge in [-0.25, -0.2) is 4.68 Å². The zero-order chi connectivity index (χ0) is 20.4. The van der Waals surface area contributed by atoms with E-state index in [1.165, 1.54) is 12.1 Å². The largest absolute Gasteiger partial charge is 0.492 e. The molecule has 2 aromatic carbocycles. The van der Waals surface area contributed by atoms with Gasteiger partial charge >= 0.3 is 6.61 Å². The minimum atomic E-state index is -2.86. The summed E-state index contributed by atoms with van der Waals surface area (Å²) in [6.07, 6.45) is 0.636. The molecule has 0 unspecified atom stereocenters. The molecule has 0 fully saturated rings. The van der Waals surface area contributed by atoms with Crippen LogP contribution in [0.1, 0.15) is 36.6 Å². The van der Waals surface area contributed by atoms with Crippen LogP contribution in [0.25, 0.3) is 0 Å². The fourth-order valence-corrected chi connectivity index (χ4v) is 3.65. The molecule has 10 heteroatoms. The van der Waals surface area contributed by atoms with E-state index in [9.17, 15) is 8.78 Å². The van der Waals surface area contributed by atoms with Crippen LogP contribution in [0.5, 0.6) is 11.5 Å². The van der Waals surface area contributed by atoms with Crippen LogP contribution in [0, 0.1) is 0 Å². The zero-order valence-electron chi connectivity index (χ0n) is 15.4. The van der Waals surface area contributed by atoms with E-state index in [4.69, 9.17) is 16.3 Å². The minimum absolute atomic E-state index is 0.0938. The minimum Gasteiger partial charge on any atom is -0.492 e. The summed E-state index contributed by atoms with van der Waals surface area (Å²) in [5.41, 5.74) is 1.85. The second kappa shape index (κ2) is 8.20. The molecule has 0 amide bonds. The number of anilines is 1. The topological polar surface area (TPSA) is 74.1 Å². The average molecular weight is 422 g/mol. The molecule has 7 nitrogen and oxygen atoms in total. The number of nitrogens with one attached hydrogen (secondary N) is 1. The molecule has 3 aromatic rings. The van der Waals surface area contributed by atoms with Gasteiger partial charge in [-0.3, -0.25) is 0 Å². The molecule has 1 N–H and O–H groups in total. The van der Waals surface area contributed by atoms with Gasteiger partial charge in [0, 0.05) is 0 Å². The van der Waals surface area contributed by atoms with Crippen molar-refractivity contribution in [1.82, 2.24) is 20.2 Å². The van der Waals surface area contributed by atoms with Crippen molar-refractivity contribution in [1.29, 1.82) is 0 Å². The lowest BCUT2D eigenvalue weighted by Crippen LogP contribution is -2.28. The van der Waals surface area contributed by atoms with E-state index < -0.39 is 6.61 Å². The molecule has 2 heterocycles. The third kappa shape index (κ3) is 4.09. The van der Waals surface area contributed by atoms with E-state index in [0.717, 1.165) is 11.1 Å². The average Bonchev–Trinajstić information content (AvgIpc) is 3.18. The highest BCUT2D eigenvalue weighted by atomic mass is 35.5. The SMILES string of the molecule is CCOc1ccc([C@H]2C[C@H](c3ccc(OC(F)F)cc3)n3nnnc3N2)cc1Cl. The Kier molecular flexibility index (Phi) is 5.48. The van der Waals surface area contributed by atoms with E-state index in [-0.39, 0.29) is 17.8 Å². The van der Waals surface area contributed by atoms with Crippen LogP contribution in [0.3, 0.4) is 0 Å². The molecule has 0 saturated carbocycles. The van der Waals surface area contributed by atoms with Gasteiger partial charge in [0.25, 0.3) is 0 Å². The van der Waals surface area contributed by atoms with Gasteiger partial charge in [0.2, 0.25) is 5.95 Å². The number of halogens is 3. The fraction of sp³-hybridized carbons (Fsp3) is 0.316. The Morgan fingerprint density at radius 2 is 1.97 bits per heavy atom. The van der Waals surface area contributed by atoms with Crippen LogP contribution in [0.15, 0.2) is 42.5 Å². The summed E-state index contributed by atoms with van der Waals surface area (Å²) >= 11 is 6.35. The van der Waals surface area contributed by atoms with Crippen molar-refractivity contribution in [3.05, 3.63) is 58.6 Å². The number of hydrogen-bond acceptors (Lipinski definition) is 6. The van der Waals surface area contributed by atoms with E-state index in [1.54, 1.807) is 16.8 Å². The van der Waals surface area contributed by atoms with Gasteiger partial charge in [0.1, 0.15) is 11.5 Å². The molecule has 0 aliphatic carbocycles. The van der Waals surface area contributed by atoms with Gasteiger partial charge in [-0.15, -0.1) is 0 Å². The molecular formula is C19H18ClF2N5O2. The second-order valence-corrected chi connectivity index (χ2v) is 6.87. The van der Waals surface area contributed by atoms with Crippen molar-refractivity contribution in [2.24, 2.45) is 0 Å². The summed E-state index contributed by atoms with van der Waals surface area (Å²) in [5, 5.41) is 15.7. The molecule has 152 valence electrons. The Hall–Kier alpha value is -2.94. The summed E-state index contributed by atoms with van der Waals surface area (Å²) in [5.74, 6) is 1.25. The highest BCUT2D eigenvalue weighted by Crippen LogP contribution is 2.39. The molecule has 0 bridgehead atoms. The van der Waals surface area contributed by atoms with Gasteiger partial charge in [-0.1, -0.05) is 34.9 Å². The van der Waals surface area contributed by atoms with E-state index in [0.29, 0.717) is 29.7 Å². The van der Waals surface area contributed by atoms with Gasteiger partial charge in [0.15, 0.2) is 0 Å². The van der Waals surface area contributed by atoms with Crippen LogP contribution < -0.4 is 14.8 Å². The Labute approximate surface area is 170 Å². The maximum atomic E-state index is 12.4. The van der Waals surface area contributed by atoms with E-state index >= 15 is 0 Å². The highest BCUT2D eigenvalue weighted by molar-refractivity contribution is 6.32. The summed E-state index contributed by atoms with van der Waals surface area (Å²) < 4.78 is 36.4. The van der Waals surface area contributed by atoms with Crippen molar-refractivity contribution < 1.29 is 18.3 Å². The Balaban J connectivity index is 1.61. The van der Waals surface area contributed by atoms with Crippen molar-refractivity contribution >= 4 is 17.5 Å². The third-order valence-corrected chi connectivity index (χ3v) is 4.99. The summed E-state index contributed by atoms with van der Waals surface area (Å²) in [4.78, 5) is 0. The quantitative estimate of drug-likeness (QED) is 0.633. The van der Waals surface area contributed by atoms with Crippen molar-refractivity contribution in [2.75, 3.05) is 11.9 Å². The highest BCUT2D eigenvalue weighted by Gasteiger charge is 2.31. The molecule has 29 heavy (non-hydrogen) atoms. The number of alkyl halides is 2. The van der Waals surface area contributed by atoms with Gasteiger partial charge in [-0.05, 0) is 59.2 Å². The lowest BCUT2D eigenvalue weighted by molar-refractivity contribution is -0.0498. The first kappa shape index (κ1) is 19.4. The van der Waals surface area contributed by atoms with Crippen LogP contribution >= 0.6 is 11.6 Å². The van der Waals surface area contributed by atoms with Crippen molar-refractivity contribution in [3.63, 3.8) is 0 Å². The van der Waals surface area contributed by atoms with Gasteiger partial charge < -0.3 is 14.8 Å². The summed E-state index contributed by atoms with van der Waals surface area (Å²) in [6, 6.07) is 11.9. The van der Waals surface area contributed by atoms with Crippen LogP contribution in [0.2, 0.25) is 5.02 Å². The molecule has 0 saturated heterocycles. The smallest absolute Gasteiger partial charge is 0.387 e. The second-order valence-electron chi connectivity index (χ2n) is 6.47. The Bertz CT molecular complexity index is 983. The lowest BCUT2D eigenvalue weighted by atomic mass is 9.93. The predicted octanol–water partition coefficient (Wildman–Crippen LogP) is 4.47. The number of rotatable bonds is 6. The maximum Gasteiger partial charge on any atom is 0.387 e. The molecule has 1 aliphatic rings. The fourth-order valence-electron chi connectivity index (χ4n) is 3.41. The molecule has 1 aromatic heterocycles. The van der Waals surface area contributed by atoms with E-state index in [2.05, 4.69) is 25.6 Å². The number of aromatic nitrogens is 4. The molecule has 2 atom stereocenters. The summed E-state index contributed by atoms with van der Waals surface area (Å²) in [7, 11) is 0. The van der Waals surface area contributed by atoms with Gasteiger partial charge in [-0.2, -0.15) is 8.78 Å². The number of ether oxygens (including phenoxy) is 2. The standard InChI is InChI=1S/C19H18ClF2N5O2/c1-2-28-17-8-5-12(9-14(17)20)15-10-16(27-19(23-15)24-25-26-27)11-3-6-13(7-4-11)29-18(21)22/h3-9,15-16,18H,2,10H2,1H3,(H,23,24,26)/t15-,16-/m1/s1. The number of nitrogens with zero attached hydrogens (tertiary/aromatic N) is 4. The molecule has 0 spiro atoms. The predicted molar refractivity (Wildman–Crippen MR) is 103 cm³/mol. The lowest BCUT2D eigenvalue weighted by Gasteiger charge is -2.31. The zero-order valence-corrected chi connectivity index (χ0v) is 16.2. The molecule has 1 aliphatic heterocycles. The normalized spacial score (nSPS) is 18.2. The van der Waals surface area contributed by atoms with Crippen LogP contribution in [-0.4, -0.2) is 33.4 Å². The number of tetrazole rings is 1. The first-order valence-corrected chi connectivity index (χ1v) is 9.44.